The molecule has 3 rings (SSSR count). The number of allylic oxidation sites excluding steroid dienone is 4. The van der Waals surface area contributed by atoms with Gasteiger partial charge in [-0.1, -0.05) is 31.4 Å². The van der Waals surface area contributed by atoms with Gasteiger partial charge in [0.05, 0.1) is 12.2 Å². The van der Waals surface area contributed by atoms with Crippen molar-refractivity contribution in [1.82, 2.24) is 0 Å². The SMILES string of the molecule is CCC1C(OC)CC2(C)C(=CC#N)CCC2C1CCC1=CC(=O)CCC1. The number of methoxy groups -OCH3 is 1. The lowest BCUT2D eigenvalue weighted by Crippen LogP contribution is -2.47. The Bertz CT molecular complexity index is 641. The molecular formula is C23H33NO2. The maximum absolute atomic E-state index is 11.8. The maximum Gasteiger partial charge on any atom is 0.155 e. The standard InChI is InChI=1S/C23H33NO2/c1-4-19-20(10-8-16-6-5-7-18(25)14-16)21-11-9-17(12-13-24)23(21,2)15-22(19)26-3/h12,14,19-22H,4-11,15H2,1-3H3. The first-order valence-electron chi connectivity index (χ1n) is 10.4. The van der Waals surface area contributed by atoms with Crippen molar-refractivity contribution < 1.29 is 9.53 Å². The van der Waals surface area contributed by atoms with Crippen molar-refractivity contribution in [3.63, 3.8) is 0 Å². The molecule has 0 aromatic rings. The Kier molecular flexibility index (Phi) is 6.03. The quantitative estimate of drug-likeness (QED) is 0.623. The van der Waals surface area contributed by atoms with Crippen molar-refractivity contribution in [3.8, 4) is 6.07 Å². The van der Waals surface area contributed by atoms with E-state index in [1.807, 2.05) is 13.2 Å². The van der Waals surface area contributed by atoms with E-state index in [-0.39, 0.29) is 11.5 Å². The third kappa shape index (κ3) is 3.54. The molecule has 0 N–H and O–H groups in total. The van der Waals surface area contributed by atoms with Crippen molar-refractivity contribution in [1.29, 1.82) is 5.26 Å². The zero-order valence-electron chi connectivity index (χ0n) is 16.6. The summed E-state index contributed by atoms with van der Waals surface area (Å²) in [6.07, 6.45) is 13.4. The van der Waals surface area contributed by atoms with E-state index >= 15 is 0 Å². The fraction of sp³-hybridized carbons (Fsp3) is 0.739. The van der Waals surface area contributed by atoms with Crippen molar-refractivity contribution in [2.75, 3.05) is 7.11 Å². The fourth-order valence-corrected chi connectivity index (χ4v) is 6.23. The second kappa shape index (κ2) is 8.09. The minimum Gasteiger partial charge on any atom is -0.381 e. The summed E-state index contributed by atoms with van der Waals surface area (Å²) >= 11 is 0. The molecule has 5 unspecified atom stereocenters. The van der Waals surface area contributed by atoms with Crippen LogP contribution in [-0.4, -0.2) is 19.0 Å². The van der Waals surface area contributed by atoms with Crippen molar-refractivity contribution in [2.24, 2.45) is 23.2 Å². The van der Waals surface area contributed by atoms with Gasteiger partial charge in [-0.05, 0) is 74.2 Å². The van der Waals surface area contributed by atoms with Crippen LogP contribution in [-0.2, 0) is 9.53 Å². The molecule has 0 heterocycles. The molecule has 0 aromatic carbocycles. The zero-order chi connectivity index (χ0) is 18.7. The van der Waals surface area contributed by atoms with E-state index in [0.29, 0.717) is 23.5 Å². The molecule has 3 aliphatic rings. The second-order valence-electron chi connectivity index (χ2n) is 8.74. The average molecular weight is 356 g/mol. The summed E-state index contributed by atoms with van der Waals surface area (Å²) < 4.78 is 5.95. The molecule has 0 aromatic heterocycles. The number of hydrogen-bond acceptors (Lipinski definition) is 3. The van der Waals surface area contributed by atoms with Crippen molar-refractivity contribution >= 4 is 5.78 Å². The number of ketones is 1. The Morgan fingerprint density at radius 1 is 1.35 bits per heavy atom. The first kappa shape index (κ1) is 19.4. The first-order chi connectivity index (χ1) is 12.5. The number of ether oxygens (including phenoxy) is 1. The molecule has 0 spiro atoms. The highest BCUT2D eigenvalue weighted by Crippen LogP contribution is 2.60. The van der Waals surface area contributed by atoms with Gasteiger partial charge in [-0.3, -0.25) is 4.79 Å². The van der Waals surface area contributed by atoms with E-state index in [9.17, 15) is 10.1 Å². The van der Waals surface area contributed by atoms with E-state index in [4.69, 9.17) is 4.74 Å². The molecule has 0 aliphatic heterocycles. The van der Waals surface area contributed by atoms with Gasteiger partial charge in [0.25, 0.3) is 0 Å². The molecule has 0 saturated heterocycles. The normalized spacial score (nSPS) is 38.8. The number of fused-ring (bicyclic) bond motifs is 1. The number of hydrogen-bond donors (Lipinski definition) is 0. The highest BCUT2D eigenvalue weighted by Gasteiger charge is 2.54. The van der Waals surface area contributed by atoms with Gasteiger partial charge in [0.1, 0.15) is 0 Å². The third-order valence-corrected chi connectivity index (χ3v) is 7.54. The molecule has 3 heteroatoms. The van der Waals surface area contributed by atoms with Crippen LogP contribution in [0.5, 0.6) is 0 Å². The molecule has 0 radical (unpaired) electrons. The van der Waals surface area contributed by atoms with Gasteiger partial charge in [-0.15, -0.1) is 0 Å². The predicted molar refractivity (Wildman–Crippen MR) is 103 cm³/mol. The summed E-state index contributed by atoms with van der Waals surface area (Å²) in [5, 5.41) is 9.22. The largest absolute Gasteiger partial charge is 0.381 e. The Hall–Kier alpha value is -1.40. The Morgan fingerprint density at radius 2 is 2.15 bits per heavy atom. The summed E-state index contributed by atoms with van der Waals surface area (Å²) in [5.41, 5.74) is 2.78. The van der Waals surface area contributed by atoms with E-state index in [0.717, 1.165) is 51.4 Å². The van der Waals surface area contributed by atoms with Gasteiger partial charge < -0.3 is 4.74 Å². The third-order valence-electron chi connectivity index (χ3n) is 7.54. The molecule has 142 valence electrons. The lowest BCUT2D eigenvalue weighted by Gasteiger charge is -2.50. The maximum atomic E-state index is 11.8. The molecule has 0 amide bonds. The second-order valence-corrected chi connectivity index (χ2v) is 8.74. The number of nitrogens with zero attached hydrogens (tertiary/aromatic N) is 1. The minimum absolute atomic E-state index is 0.101. The van der Waals surface area contributed by atoms with Crippen molar-refractivity contribution in [3.05, 3.63) is 23.3 Å². The summed E-state index contributed by atoms with van der Waals surface area (Å²) in [4.78, 5) is 11.8. The Labute approximate surface area is 158 Å². The topological polar surface area (TPSA) is 50.1 Å². The lowest BCUT2D eigenvalue weighted by atomic mass is 9.56. The monoisotopic (exact) mass is 355 g/mol. The first-order valence-corrected chi connectivity index (χ1v) is 10.4. The summed E-state index contributed by atoms with van der Waals surface area (Å²) in [6, 6.07) is 2.28. The summed E-state index contributed by atoms with van der Waals surface area (Å²) in [6.45, 7) is 4.65. The van der Waals surface area contributed by atoms with Gasteiger partial charge in [0, 0.05) is 19.6 Å². The molecule has 26 heavy (non-hydrogen) atoms. The molecule has 3 nitrogen and oxygen atoms in total. The van der Waals surface area contributed by atoms with Crippen LogP contribution < -0.4 is 0 Å². The van der Waals surface area contributed by atoms with E-state index in [1.54, 1.807) is 6.08 Å². The fourth-order valence-electron chi connectivity index (χ4n) is 6.23. The Morgan fingerprint density at radius 3 is 2.81 bits per heavy atom. The van der Waals surface area contributed by atoms with Crippen LogP contribution in [0.15, 0.2) is 23.3 Å². The predicted octanol–water partition coefficient (Wildman–Crippen LogP) is 5.37. The number of carbonyl (C=O) groups excluding carboxylic acids is 1. The van der Waals surface area contributed by atoms with Gasteiger partial charge in [0.15, 0.2) is 5.78 Å². The number of carbonyl (C=O) groups is 1. The van der Waals surface area contributed by atoms with Crippen molar-refractivity contribution in [2.45, 2.75) is 77.7 Å². The molecule has 5 atom stereocenters. The van der Waals surface area contributed by atoms with Gasteiger partial charge >= 0.3 is 0 Å². The van der Waals surface area contributed by atoms with Gasteiger partial charge in [0.2, 0.25) is 0 Å². The van der Waals surface area contributed by atoms with Crippen LogP contribution >= 0.6 is 0 Å². The van der Waals surface area contributed by atoms with E-state index < -0.39 is 0 Å². The van der Waals surface area contributed by atoms with E-state index in [2.05, 4.69) is 19.9 Å². The molecular weight excluding hydrogens is 322 g/mol. The van der Waals surface area contributed by atoms with Gasteiger partial charge in [-0.25, -0.2) is 0 Å². The van der Waals surface area contributed by atoms with Crippen LogP contribution in [0.1, 0.15) is 71.6 Å². The lowest BCUT2D eigenvalue weighted by molar-refractivity contribution is -0.115. The number of nitriles is 1. The zero-order valence-corrected chi connectivity index (χ0v) is 16.6. The highest BCUT2D eigenvalue weighted by molar-refractivity contribution is 5.91. The summed E-state index contributed by atoms with van der Waals surface area (Å²) in [5.74, 6) is 2.14. The number of rotatable bonds is 5. The van der Waals surface area contributed by atoms with Crippen LogP contribution in [0.25, 0.3) is 0 Å². The molecule has 2 fully saturated rings. The van der Waals surface area contributed by atoms with E-state index in [1.165, 1.54) is 17.6 Å². The van der Waals surface area contributed by atoms with Crippen LogP contribution in [0.2, 0.25) is 0 Å². The highest BCUT2D eigenvalue weighted by atomic mass is 16.5. The van der Waals surface area contributed by atoms with Crippen LogP contribution in [0, 0.1) is 34.5 Å². The minimum atomic E-state index is 0.101. The smallest absolute Gasteiger partial charge is 0.155 e. The van der Waals surface area contributed by atoms with Crippen LogP contribution in [0.3, 0.4) is 0 Å². The molecule has 3 aliphatic carbocycles. The summed E-state index contributed by atoms with van der Waals surface area (Å²) in [7, 11) is 1.85. The average Bonchev–Trinajstić information content (AvgIpc) is 2.95. The van der Waals surface area contributed by atoms with Crippen LogP contribution in [0.4, 0.5) is 0 Å². The molecule has 2 saturated carbocycles. The Balaban J connectivity index is 1.84. The molecule has 0 bridgehead atoms. The van der Waals surface area contributed by atoms with Gasteiger partial charge in [-0.2, -0.15) is 5.26 Å².